The van der Waals surface area contributed by atoms with Gasteiger partial charge in [-0.05, 0) is 18.9 Å². The van der Waals surface area contributed by atoms with Crippen molar-refractivity contribution in [3.05, 3.63) is 40.8 Å². The predicted octanol–water partition coefficient (Wildman–Crippen LogP) is 2.87. The third-order valence-corrected chi connectivity index (χ3v) is 4.00. The number of halogens is 1. The van der Waals surface area contributed by atoms with E-state index in [-0.39, 0.29) is 17.6 Å². The average molecular weight is 305 g/mol. The van der Waals surface area contributed by atoms with Crippen LogP contribution in [0.4, 0.5) is 0 Å². The summed E-state index contributed by atoms with van der Waals surface area (Å²) in [4.78, 5) is 18.8. The molecule has 0 saturated carbocycles. The van der Waals surface area contributed by atoms with Crippen molar-refractivity contribution in [3.8, 4) is 0 Å². The summed E-state index contributed by atoms with van der Waals surface area (Å²) >= 11 is 6.29. The SMILES string of the molecule is CCC[C@H]1C=CCN1C(=O)c1nn2cc(C)cnc2c1Cl. The molecule has 0 saturated heterocycles. The van der Waals surface area contributed by atoms with Gasteiger partial charge in [0.25, 0.3) is 5.91 Å². The van der Waals surface area contributed by atoms with Gasteiger partial charge >= 0.3 is 0 Å². The first-order valence-electron chi connectivity index (χ1n) is 7.10. The number of nitrogens with zero attached hydrogens (tertiary/aromatic N) is 4. The molecule has 1 aliphatic rings. The van der Waals surface area contributed by atoms with Gasteiger partial charge in [-0.25, -0.2) is 9.50 Å². The van der Waals surface area contributed by atoms with Crippen LogP contribution in [0.3, 0.4) is 0 Å². The Balaban J connectivity index is 1.96. The van der Waals surface area contributed by atoms with E-state index in [1.54, 1.807) is 10.7 Å². The van der Waals surface area contributed by atoms with Crippen molar-refractivity contribution in [3.63, 3.8) is 0 Å². The van der Waals surface area contributed by atoms with E-state index in [0.717, 1.165) is 18.4 Å². The molecule has 0 unspecified atom stereocenters. The van der Waals surface area contributed by atoms with Crippen molar-refractivity contribution in [2.45, 2.75) is 32.7 Å². The van der Waals surface area contributed by atoms with Gasteiger partial charge < -0.3 is 4.90 Å². The second-order valence-electron chi connectivity index (χ2n) is 5.30. The van der Waals surface area contributed by atoms with Crippen LogP contribution in [0.25, 0.3) is 5.65 Å². The third kappa shape index (κ3) is 2.42. The molecule has 1 atom stereocenters. The molecular formula is C15H17ClN4O. The van der Waals surface area contributed by atoms with Crippen LogP contribution in [-0.2, 0) is 0 Å². The van der Waals surface area contributed by atoms with Crippen LogP contribution in [0.2, 0.25) is 5.02 Å². The van der Waals surface area contributed by atoms with Gasteiger partial charge in [-0.2, -0.15) is 5.10 Å². The number of aryl methyl sites for hydroxylation is 1. The first-order chi connectivity index (χ1) is 10.1. The fourth-order valence-corrected chi connectivity index (χ4v) is 2.88. The summed E-state index contributed by atoms with van der Waals surface area (Å²) in [6.07, 6.45) is 9.60. The van der Waals surface area contributed by atoms with E-state index in [2.05, 4.69) is 23.1 Å². The topological polar surface area (TPSA) is 50.5 Å². The molecule has 0 bridgehead atoms. The molecule has 5 nitrogen and oxygen atoms in total. The van der Waals surface area contributed by atoms with Gasteiger partial charge in [0, 0.05) is 18.9 Å². The monoisotopic (exact) mass is 304 g/mol. The van der Waals surface area contributed by atoms with Gasteiger partial charge in [-0.3, -0.25) is 4.79 Å². The van der Waals surface area contributed by atoms with Crippen LogP contribution >= 0.6 is 11.6 Å². The molecule has 2 aromatic rings. The van der Waals surface area contributed by atoms with E-state index in [9.17, 15) is 4.79 Å². The molecule has 3 heterocycles. The molecule has 110 valence electrons. The minimum atomic E-state index is -0.133. The number of hydrogen-bond donors (Lipinski definition) is 0. The Hall–Kier alpha value is -1.88. The Labute approximate surface area is 128 Å². The van der Waals surface area contributed by atoms with E-state index >= 15 is 0 Å². The van der Waals surface area contributed by atoms with Crippen molar-refractivity contribution in [1.29, 1.82) is 0 Å². The highest BCUT2D eigenvalue weighted by Crippen LogP contribution is 2.25. The van der Waals surface area contributed by atoms with Gasteiger partial charge in [0.05, 0.1) is 6.04 Å². The van der Waals surface area contributed by atoms with E-state index in [1.807, 2.05) is 24.1 Å². The summed E-state index contributed by atoms with van der Waals surface area (Å²) < 4.78 is 1.57. The lowest BCUT2D eigenvalue weighted by atomic mass is 10.1. The van der Waals surface area contributed by atoms with E-state index < -0.39 is 0 Å². The molecule has 3 rings (SSSR count). The van der Waals surface area contributed by atoms with Gasteiger partial charge in [-0.15, -0.1) is 0 Å². The zero-order chi connectivity index (χ0) is 15.0. The summed E-state index contributed by atoms with van der Waals surface area (Å²) in [5.41, 5.74) is 1.76. The van der Waals surface area contributed by atoms with Crippen LogP contribution in [0.15, 0.2) is 24.5 Å². The zero-order valence-corrected chi connectivity index (χ0v) is 12.8. The molecule has 21 heavy (non-hydrogen) atoms. The molecule has 0 N–H and O–H groups in total. The third-order valence-electron chi connectivity index (χ3n) is 3.65. The van der Waals surface area contributed by atoms with Crippen LogP contribution in [-0.4, -0.2) is 38.0 Å². The molecule has 0 radical (unpaired) electrons. The van der Waals surface area contributed by atoms with Crippen molar-refractivity contribution >= 4 is 23.2 Å². The van der Waals surface area contributed by atoms with Crippen LogP contribution in [0, 0.1) is 6.92 Å². The smallest absolute Gasteiger partial charge is 0.276 e. The molecule has 2 aromatic heterocycles. The maximum atomic E-state index is 12.7. The Morgan fingerprint density at radius 3 is 3.10 bits per heavy atom. The van der Waals surface area contributed by atoms with Gasteiger partial charge in [0.1, 0.15) is 5.02 Å². The lowest BCUT2D eigenvalue weighted by molar-refractivity contribution is 0.0738. The molecule has 0 spiro atoms. The summed E-state index contributed by atoms with van der Waals surface area (Å²) in [6.45, 7) is 4.64. The summed E-state index contributed by atoms with van der Waals surface area (Å²) in [6, 6.07) is 0.137. The molecule has 1 aliphatic heterocycles. The first-order valence-corrected chi connectivity index (χ1v) is 7.47. The van der Waals surface area contributed by atoms with Crippen molar-refractivity contribution in [2.75, 3.05) is 6.54 Å². The van der Waals surface area contributed by atoms with Crippen LogP contribution in [0.1, 0.15) is 35.8 Å². The second kappa shape index (κ2) is 5.48. The number of hydrogen-bond acceptors (Lipinski definition) is 3. The lowest BCUT2D eigenvalue weighted by Crippen LogP contribution is -2.36. The average Bonchev–Trinajstić information content (AvgIpc) is 3.04. The summed E-state index contributed by atoms with van der Waals surface area (Å²) in [5.74, 6) is -0.133. The lowest BCUT2D eigenvalue weighted by Gasteiger charge is -2.23. The van der Waals surface area contributed by atoms with Crippen LogP contribution < -0.4 is 0 Å². The number of carbonyl (C=O) groups is 1. The number of amides is 1. The fourth-order valence-electron chi connectivity index (χ4n) is 2.63. The van der Waals surface area contributed by atoms with Gasteiger partial charge in [0.15, 0.2) is 11.3 Å². The molecule has 1 amide bonds. The minimum absolute atomic E-state index is 0.133. The maximum Gasteiger partial charge on any atom is 0.276 e. The highest BCUT2D eigenvalue weighted by atomic mass is 35.5. The van der Waals surface area contributed by atoms with Gasteiger partial charge in [0.2, 0.25) is 0 Å². The summed E-state index contributed by atoms with van der Waals surface area (Å²) in [5, 5.41) is 4.64. The second-order valence-corrected chi connectivity index (χ2v) is 5.68. The Morgan fingerprint density at radius 1 is 1.52 bits per heavy atom. The number of rotatable bonds is 3. The highest BCUT2D eigenvalue weighted by molar-refractivity contribution is 6.36. The Morgan fingerprint density at radius 2 is 2.33 bits per heavy atom. The molecule has 6 heteroatoms. The van der Waals surface area contributed by atoms with E-state index in [4.69, 9.17) is 11.6 Å². The standard InChI is InChI=1S/C15H17ClN4O/c1-3-5-11-6-4-7-19(11)15(21)13-12(16)14-17-8-10(2)9-20(14)18-13/h4,6,8-9,11H,3,5,7H2,1-2H3/t11-/m0/s1. The van der Waals surface area contributed by atoms with Crippen molar-refractivity contribution in [2.24, 2.45) is 0 Å². The zero-order valence-electron chi connectivity index (χ0n) is 12.1. The van der Waals surface area contributed by atoms with E-state index in [1.165, 1.54) is 0 Å². The van der Waals surface area contributed by atoms with Crippen molar-refractivity contribution < 1.29 is 4.79 Å². The normalized spacial score (nSPS) is 17.9. The Kier molecular flexibility index (Phi) is 3.68. The molecule has 0 aliphatic carbocycles. The quantitative estimate of drug-likeness (QED) is 0.819. The minimum Gasteiger partial charge on any atom is -0.327 e. The highest BCUT2D eigenvalue weighted by Gasteiger charge is 2.29. The predicted molar refractivity (Wildman–Crippen MR) is 81.6 cm³/mol. The largest absolute Gasteiger partial charge is 0.327 e. The van der Waals surface area contributed by atoms with Crippen molar-refractivity contribution in [1.82, 2.24) is 19.5 Å². The number of fused-ring (bicyclic) bond motifs is 1. The number of aromatic nitrogens is 3. The summed E-state index contributed by atoms with van der Waals surface area (Å²) in [7, 11) is 0. The molecule has 0 fully saturated rings. The van der Waals surface area contributed by atoms with E-state index in [0.29, 0.717) is 17.2 Å². The molecule has 0 aromatic carbocycles. The molecular weight excluding hydrogens is 288 g/mol. The maximum absolute atomic E-state index is 12.7. The number of carbonyl (C=O) groups excluding carboxylic acids is 1. The Bertz CT molecular complexity index is 722. The van der Waals surface area contributed by atoms with Crippen LogP contribution in [0.5, 0.6) is 0 Å². The fraction of sp³-hybridized carbons (Fsp3) is 0.400. The first kappa shape index (κ1) is 14.1. The van der Waals surface area contributed by atoms with Gasteiger partial charge in [-0.1, -0.05) is 37.1 Å².